The fourth-order valence-electron chi connectivity index (χ4n) is 1.94. The molecule has 20 heavy (non-hydrogen) atoms. The number of para-hydroxylation sites is 1. The minimum Gasteiger partial charge on any atom is -0.297 e. The van der Waals surface area contributed by atoms with Crippen molar-refractivity contribution in [3.63, 3.8) is 0 Å². The lowest BCUT2D eigenvalue weighted by molar-refractivity contribution is 0.103. The van der Waals surface area contributed by atoms with Crippen LogP contribution in [0, 0.1) is 0 Å². The molecule has 3 aromatic rings. The van der Waals surface area contributed by atoms with Gasteiger partial charge in [0.1, 0.15) is 0 Å². The van der Waals surface area contributed by atoms with Crippen molar-refractivity contribution in [3.05, 3.63) is 44.6 Å². The number of carbonyl (C=O) groups excluding carboxylic acids is 1. The molecule has 0 aliphatic carbocycles. The Morgan fingerprint density at radius 2 is 2.15 bits per heavy atom. The molecule has 0 saturated carbocycles. The molecular weight excluding hydrogens is 356 g/mol. The van der Waals surface area contributed by atoms with Crippen LogP contribution in [0.25, 0.3) is 10.2 Å². The summed E-state index contributed by atoms with van der Waals surface area (Å²) in [5.41, 5.74) is 2.20. The number of amides is 1. The van der Waals surface area contributed by atoms with E-state index in [2.05, 4.69) is 39.2 Å². The standard InChI is InChI=1S/C14H11BrN2OS2/c1-2-8-4-3-5-9-12(8)16-14(20-9)17-13(18)10-6-7-11(15)19-10/h3-7H,2H2,1H3,(H,16,17,18). The van der Waals surface area contributed by atoms with E-state index >= 15 is 0 Å². The summed E-state index contributed by atoms with van der Waals surface area (Å²) < 4.78 is 2.05. The van der Waals surface area contributed by atoms with Gasteiger partial charge in [-0.05, 0) is 46.1 Å². The molecule has 3 rings (SSSR count). The molecule has 0 bridgehead atoms. The third-order valence-electron chi connectivity index (χ3n) is 2.90. The molecule has 102 valence electrons. The third kappa shape index (κ3) is 2.63. The van der Waals surface area contributed by atoms with Crippen molar-refractivity contribution in [3.8, 4) is 0 Å². The Balaban J connectivity index is 1.89. The zero-order valence-corrected chi connectivity index (χ0v) is 13.9. The van der Waals surface area contributed by atoms with Crippen molar-refractivity contribution in [1.29, 1.82) is 0 Å². The molecule has 0 radical (unpaired) electrons. The summed E-state index contributed by atoms with van der Waals surface area (Å²) in [6.07, 6.45) is 0.937. The first kappa shape index (κ1) is 13.7. The predicted octanol–water partition coefficient (Wildman–Crippen LogP) is 4.94. The van der Waals surface area contributed by atoms with Crippen LogP contribution in [0.2, 0.25) is 0 Å². The largest absolute Gasteiger partial charge is 0.297 e. The van der Waals surface area contributed by atoms with Crippen molar-refractivity contribution < 1.29 is 4.79 Å². The Kier molecular flexibility index (Phi) is 3.87. The van der Waals surface area contributed by atoms with Gasteiger partial charge in [-0.1, -0.05) is 30.4 Å². The maximum Gasteiger partial charge on any atom is 0.267 e. The van der Waals surface area contributed by atoms with E-state index in [1.807, 2.05) is 18.2 Å². The van der Waals surface area contributed by atoms with E-state index in [1.165, 1.54) is 28.2 Å². The Morgan fingerprint density at radius 3 is 2.85 bits per heavy atom. The summed E-state index contributed by atoms with van der Waals surface area (Å²) >= 11 is 6.28. The fraction of sp³-hybridized carbons (Fsp3) is 0.143. The molecule has 2 heterocycles. The van der Waals surface area contributed by atoms with E-state index in [1.54, 1.807) is 6.07 Å². The van der Waals surface area contributed by atoms with Crippen LogP contribution in [0.1, 0.15) is 22.2 Å². The molecule has 1 N–H and O–H groups in total. The number of anilines is 1. The van der Waals surface area contributed by atoms with E-state index < -0.39 is 0 Å². The van der Waals surface area contributed by atoms with Crippen molar-refractivity contribution in [2.24, 2.45) is 0 Å². The second-order valence-electron chi connectivity index (χ2n) is 4.19. The highest BCUT2D eigenvalue weighted by Crippen LogP contribution is 2.29. The molecule has 0 unspecified atom stereocenters. The highest BCUT2D eigenvalue weighted by Gasteiger charge is 2.12. The minimum absolute atomic E-state index is 0.113. The smallest absolute Gasteiger partial charge is 0.267 e. The van der Waals surface area contributed by atoms with E-state index in [4.69, 9.17) is 0 Å². The van der Waals surface area contributed by atoms with Gasteiger partial charge in [0.2, 0.25) is 0 Å². The summed E-state index contributed by atoms with van der Waals surface area (Å²) in [5, 5.41) is 3.52. The zero-order chi connectivity index (χ0) is 14.1. The normalized spacial score (nSPS) is 10.9. The zero-order valence-electron chi connectivity index (χ0n) is 10.6. The maximum atomic E-state index is 12.1. The number of aryl methyl sites for hydroxylation is 1. The molecule has 6 heteroatoms. The second kappa shape index (κ2) is 5.63. The van der Waals surface area contributed by atoms with Gasteiger partial charge in [0, 0.05) is 0 Å². The Bertz CT molecular complexity index is 778. The third-order valence-corrected chi connectivity index (χ3v) is 5.46. The quantitative estimate of drug-likeness (QED) is 0.713. The minimum atomic E-state index is -0.113. The lowest BCUT2D eigenvalue weighted by Gasteiger charge is -1.97. The molecule has 0 aliphatic rings. The lowest BCUT2D eigenvalue weighted by Crippen LogP contribution is -2.09. The SMILES string of the molecule is CCc1cccc2sc(NC(=O)c3ccc(Br)s3)nc12. The average molecular weight is 367 g/mol. The van der Waals surface area contributed by atoms with Crippen LogP contribution in [-0.2, 0) is 6.42 Å². The van der Waals surface area contributed by atoms with Crippen molar-refractivity contribution in [1.82, 2.24) is 4.98 Å². The van der Waals surface area contributed by atoms with Crippen LogP contribution in [0.15, 0.2) is 34.1 Å². The monoisotopic (exact) mass is 366 g/mol. The van der Waals surface area contributed by atoms with Gasteiger partial charge in [0.25, 0.3) is 5.91 Å². The molecule has 0 fully saturated rings. The van der Waals surface area contributed by atoms with Crippen molar-refractivity contribution in [2.75, 3.05) is 5.32 Å². The number of hydrogen-bond donors (Lipinski definition) is 1. The van der Waals surface area contributed by atoms with Gasteiger partial charge >= 0.3 is 0 Å². The van der Waals surface area contributed by atoms with Crippen LogP contribution in [-0.4, -0.2) is 10.9 Å². The van der Waals surface area contributed by atoms with Crippen molar-refractivity contribution in [2.45, 2.75) is 13.3 Å². The van der Waals surface area contributed by atoms with E-state index in [0.717, 1.165) is 20.4 Å². The number of halogens is 1. The predicted molar refractivity (Wildman–Crippen MR) is 89.0 cm³/mol. The molecule has 0 spiro atoms. The molecule has 0 atom stereocenters. The highest BCUT2D eigenvalue weighted by molar-refractivity contribution is 9.11. The molecule has 0 aliphatic heterocycles. The number of nitrogens with zero attached hydrogens (tertiary/aromatic N) is 1. The van der Waals surface area contributed by atoms with Gasteiger partial charge in [-0.3, -0.25) is 10.1 Å². The first-order chi connectivity index (χ1) is 9.67. The molecule has 3 nitrogen and oxygen atoms in total. The molecule has 1 aromatic carbocycles. The van der Waals surface area contributed by atoms with Gasteiger partial charge < -0.3 is 0 Å². The van der Waals surface area contributed by atoms with E-state index in [-0.39, 0.29) is 5.91 Å². The number of hydrogen-bond acceptors (Lipinski definition) is 4. The van der Waals surface area contributed by atoms with Crippen molar-refractivity contribution >= 4 is 59.9 Å². The summed E-state index contributed by atoms with van der Waals surface area (Å²) in [4.78, 5) is 17.3. The number of aromatic nitrogens is 1. The van der Waals surface area contributed by atoms with Gasteiger partial charge in [-0.25, -0.2) is 4.98 Å². The summed E-state index contributed by atoms with van der Waals surface area (Å²) in [7, 11) is 0. The summed E-state index contributed by atoms with van der Waals surface area (Å²) in [6, 6.07) is 9.80. The summed E-state index contributed by atoms with van der Waals surface area (Å²) in [6.45, 7) is 2.11. The first-order valence-electron chi connectivity index (χ1n) is 6.12. The number of thiophene rings is 1. The topological polar surface area (TPSA) is 42.0 Å². The maximum absolute atomic E-state index is 12.1. The van der Waals surface area contributed by atoms with Gasteiger partial charge in [-0.15, -0.1) is 11.3 Å². The van der Waals surface area contributed by atoms with Crippen LogP contribution in [0.5, 0.6) is 0 Å². The number of benzene rings is 1. The number of carbonyl (C=O) groups is 1. The van der Waals surface area contributed by atoms with Crippen LogP contribution in [0.3, 0.4) is 0 Å². The second-order valence-corrected chi connectivity index (χ2v) is 7.69. The summed E-state index contributed by atoms with van der Waals surface area (Å²) in [5.74, 6) is -0.113. The average Bonchev–Trinajstić information content (AvgIpc) is 3.03. The Morgan fingerprint density at radius 1 is 1.30 bits per heavy atom. The highest BCUT2D eigenvalue weighted by atomic mass is 79.9. The molecule has 2 aromatic heterocycles. The van der Waals surface area contributed by atoms with Gasteiger partial charge in [0.05, 0.1) is 18.9 Å². The number of thiazole rings is 1. The van der Waals surface area contributed by atoms with Gasteiger partial charge in [0.15, 0.2) is 5.13 Å². The Hall–Kier alpha value is -1.24. The van der Waals surface area contributed by atoms with Gasteiger partial charge in [-0.2, -0.15) is 0 Å². The van der Waals surface area contributed by atoms with Crippen LogP contribution in [0.4, 0.5) is 5.13 Å². The van der Waals surface area contributed by atoms with Crippen LogP contribution < -0.4 is 5.32 Å². The lowest BCUT2D eigenvalue weighted by atomic mass is 10.1. The number of rotatable bonds is 3. The number of nitrogens with one attached hydrogen (secondary N) is 1. The van der Waals surface area contributed by atoms with Crippen LogP contribution >= 0.6 is 38.6 Å². The first-order valence-corrected chi connectivity index (χ1v) is 8.55. The molecular formula is C14H11BrN2OS2. The van der Waals surface area contributed by atoms with E-state index in [0.29, 0.717) is 10.0 Å². The number of fused-ring (bicyclic) bond motifs is 1. The molecule has 0 saturated heterocycles. The molecule has 1 amide bonds. The Labute approximate surface area is 132 Å². The fourth-order valence-corrected chi connectivity index (χ4v) is 4.13. The van der Waals surface area contributed by atoms with E-state index in [9.17, 15) is 4.79 Å².